The minimum Gasteiger partial charge on any atom is -0.459 e. The highest BCUT2D eigenvalue weighted by Gasteiger charge is 2.16. The van der Waals surface area contributed by atoms with Crippen molar-refractivity contribution in [3.8, 4) is 28.4 Å². The van der Waals surface area contributed by atoms with Crippen LogP contribution in [0, 0.1) is 5.82 Å². The smallest absolute Gasteiger partial charge is 0.317 e. The summed E-state index contributed by atoms with van der Waals surface area (Å²) < 4.78 is 19.2. The van der Waals surface area contributed by atoms with Crippen LogP contribution < -0.4 is 4.74 Å². The molecule has 0 N–H and O–H groups in total. The van der Waals surface area contributed by atoms with Gasteiger partial charge in [-0.15, -0.1) is 0 Å². The molecule has 0 amide bonds. The molecule has 0 saturated carbocycles. The fourth-order valence-corrected chi connectivity index (χ4v) is 4.24. The first-order valence-corrected chi connectivity index (χ1v) is 12.2. The van der Waals surface area contributed by atoms with Crippen LogP contribution in [0.5, 0.6) is 6.01 Å². The summed E-state index contributed by atoms with van der Waals surface area (Å²) in [6, 6.07) is 19.7. The van der Waals surface area contributed by atoms with Gasteiger partial charge in [0, 0.05) is 27.2 Å². The van der Waals surface area contributed by atoms with E-state index >= 15 is 0 Å². The molecule has 7 heteroatoms. The molecule has 4 aromatic rings. The SMILES string of the molecule is C=S(C)c1ccc(-c2nc(OCc3cccc(F)c3)ncc2-c2ccc(Cl)cc2)c(Cl)c1. The molecular formula is C25H19Cl2FN2OS. The summed E-state index contributed by atoms with van der Waals surface area (Å²) in [5, 5.41) is 1.20. The van der Waals surface area contributed by atoms with Crippen LogP contribution in [-0.2, 0) is 6.61 Å². The lowest BCUT2D eigenvalue weighted by Gasteiger charge is -2.14. The van der Waals surface area contributed by atoms with E-state index in [1.54, 1.807) is 18.3 Å². The van der Waals surface area contributed by atoms with Gasteiger partial charge in [-0.2, -0.15) is 15.5 Å². The molecule has 0 aliphatic rings. The first kappa shape index (κ1) is 22.5. The van der Waals surface area contributed by atoms with Crippen LogP contribution in [0.4, 0.5) is 4.39 Å². The second kappa shape index (κ2) is 9.82. The van der Waals surface area contributed by atoms with Gasteiger partial charge in [-0.05, 0) is 53.8 Å². The molecule has 0 aliphatic carbocycles. The Labute approximate surface area is 198 Å². The van der Waals surface area contributed by atoms with Crippen LogP contribution in [0.3, 0.4) is 0 Å². The molecule has 3 nitrogen and oxygen atoms in total. The molecular weight excluding hydrogens is 466 g/mol. The van der Waals surface area contributed by atoms with Crippen molar-refractivity contribution in [2.24, 2.45) is 0 Å². The molecule has 1 heterocycles. The van der Waals surface area contributed by atoms with Crippen molar-refractivity contribution in [1.29, 1.82) is 0 Å². The monoisotopic (exact) mass is 484 g/mol. The van der Waals surface area contributed by atoms with Crippen molar-refractivity contribution in [2.45, 2.75) is 11.5 Å². The highest BCUT2D eigenvalue weighted by atomic mass is 35.5. The Kier molecular flexibility index (Phi) is 6.89. The molecule has 0 saturated heterocycles. The molecule has 0 aliphatic heterocycles. The Morgan fingerprint density at radius 3 is 2.47 bits per heavy atom. The quantitative estimate of drug-likeness (QED) is 0.265. The third-order valence-corrected chi connectivity index (χ3v) is 6.40. The molecule has 1 aromatic heterocycles. The number of benzene rings is 3. The van der Waals surface area contributed by atoms with Crippen LogP contribution >= 0.6 is 33.7 Å². The molecule has 1 atom stereocenters. The Morgan fingerprint density at radius 1 is 1.00 bits per heavy atom. The summed E-state index contributed by atoms with van der Waals surface area (Å²) in [6.07, 6.45) is 3.73. The largest absolute Gasteiger partial charge is 0.459 e. The summed E-state index contributed by atoms with van der Waals surface area (Å²) in [6.45, 7) is 0.143. The number of hydrogen-bond donors (Lipinski definition) is 0. The van der Waals surface area contributed by atoms with Crippen molar-refractivity contribution < 1.29 is 9.13 Å². The molecule has 4 rings (SSSR count). The molecule has 0 radical (unpaired) electrons. The molecule has 3 aromatic carbocycles. The third kappa shape index (κ3) is 5.18. The predicted octanol–water partition coefficient (Wildman–Crippen LogP) is 7.53. The Hall–Kier alpha value is -2.73. The van der Waals surface area contributed by atoms with E-state index < -0.39 is 0 Å². The Bertz CT molecular complexity index is 1300. The van der Waals surface area contributed by atoms with E-state index in [9.17, 15) is 4.39 Å². The molecule has 0 bridgehead atoms. The van der Waals surface area contributed by atoms with Crippen LogP contribution in [0.25, 0.3) is 22.4 Å². The highest BCUT2D eigenvalue weighted by Crippen LogP contribution is 2.37. The second-order valence-electron chi connectivity index (χ2n) is 7.12. The van der Waals surface area contributed by atoms with Crippen LogP contribution in [-0.4, -0.2) is 22.1 Å². The number of ether oxygens (including phenoxy) is 1. The van der Waals surface area contributed by atoms with Gasteiger partial charge in [0.1, 0.15) is 12.4 Å². The number of nitrogens with zero attached hydrogens (tertiary/aromatic N) is 2. The molecule has 0 fully saturated rings. The van der Waals surface area contributed by atoms with Gasteiger partial charge >= 0.3 is 6.01 Å². The van der Waals surface area contributed by atoms with Crippen molar-refractivity contribution >= 4 is 39.6 Å². The zero-order valence-corrected chi connectivity index (χ0v) is 19.5. The third-order valence-electron chi connectivity index (χ3n) is 4.78. The zero-order valence-electron chi connectivity index (χ0n) is 17.2. The van der Waals surface area contributed by atoms with E-state index in [1.807, 2.05) is 48.7 Å². The highest BCUT2D eigenvalue weighted by molar-refractivity contribution is 8.13. The van der Waals surface area contributed by atoms with Crippen LogP contribution in [0.15, 0.2) is 77.8 Å². The summed E-state index contributed by atoms with van der Waals surface area (Å²) in [7, 11) is -0.166. The van der Waals surface area contributed by atoms with Crippen molar-refractivity contribution in [1.82, 2.24) is 9.97 Å². The van der Waals surface area contributed by atoms with Crippen molar-refractivity contribution in [2.75, 3.05) is 6.26 Å². The van der Waals surface area contributed by atoms with Gasteiger partial charge in [0.25, 0.3) is 0 Å². The van der Waals surface area contributed by atoms with E-state index in [4.69, 9.17) is 27.9 Å². The lowest BCUT2D eigenvalue weighted by atomic mass is 10.0. The fraction of sp³-hybridized carbons (Fsp3) is 0.0800. The van der Waals surface area contributed by atoms with Gasteiger partial charge in [-0.3, -0.25) is 0 Å². The van der Waals surface area contributed by atoms with Crippen molar-refractivity contribution in [3.05, 3.63) is 94.4 Å². The maximum absolute atomic E-state index is 13.5. The summed E-state index contributed by atoms with van der Waals surface area (Å²) in [5.74, 6) is 3.76. The molecule has 1 unspecified atom stereocenters. The topological polar surface area (TPSA) is 35.0 Å². The summed E-state index contributed by atoms with van der Waals surface area (Å²) >= 11 is 12.7. The Balaban J connectivity index is 1.76. The molecule has 162 valence electrons. The zero-order chi connectivity index (χ0) is 22.7. The van der Waals surface area contributed by atoms with Gasteiger partial charge < -0.3 is 4.74 Å². The normalized spacial score (nSPS) is 11.9. The van der Waals surface area contributed by atoms with Crippen molar-refractivity contribution in [3.63, 3.8) is 0 Å². The van der Waals surface area contributed by atoms with Gasteiger partial charge in [0.15, 0.2) is 0 Å². The molecule has 32 heavy (non-hydrogen) atoms. The van der Waals surface area contributed by atoms with Crippen LogP contribution in [0.1, 0.15) is 5.56 Å². The summed E-state index contributed by atoms with van der Waals surface area (Å²) in [5.41, 5.74) is 3.76. The van der Waals surface area contributed by atoms with Gasteiger partial charge in [0.05, 0.1) is 10.7 Å². The first-order chi connectivity index (χ1) is 15.4. The van der Waals surface area contributed by atoms with Gasteiger partial charge in [-0.1, -0.05) is 59.4 Å². The average Bonchev–Trinajstić information content (AvgIpc) is 2.78. The fourth-order valence-electron chi connectivity index (χ4n) is 3.16. The minimum atomic E-state index is -0.321. The van der Waals surface area contributed by atoms with E-state index in [2.05, 4.69) is 15.8 Å². The minimum absolute atomic E-state index is 0.143. The molecule has 0 spiro atoms. The van der Waals surface area contributed by atoms with Crippen LogP contribution in [0.2, 0.25) is 10.0 Å². The number of rotatable bonds is 6. The predicted molar refractivity (Wildman–Crippen MR) is 133 cm³/mol. The second-order valence-corrected chi connectivity index (χ2v) is 9.71. The standard InChI is InChI=1S/C25H19Cl2FN2OS/c1-32(2)20-10-11-21(23(27)13-20)24-22(17-6-8-18(26)9-7-17)14-29-25(30-24)31-15-16-4-3-5-19(28)12-16/h3-14H,1,15H2,2H3. The van der Waals surface area contributed by atoms with E-state index in [-0.39, 0.29) is 28.9 Å². The summed E-state index contributed by atoms with van der Waals surface area (Å²) in [4.78, 5) is 10.1. The lowest BCUT2D eigenvalue weighted by molar-refractivity contribution is 0.280. The maximum Gasteiger partial charge on any atom is 0.317 e. The van der Waals surface area contributed by atoms with E-state index in [1.165, 1.54) is 12.1 Å². The number of halogens is 3. The number of hydrogen-bond acceptors (Lipinski definition) is 3. The maximum atomic E-state index is 13.5. The Morgan fingerprint density at radius 2 is 1.78 bits per heavy atom. The first-order valence-electron chi connectivity index (χ1n) is 9.66. The number of aromatic nitrogens is 2. The average molecular weight is 485 g/mol. The van der Waals surface area contributed by atoms with E-state index in [0.717, 1.165) is 21.6 Å². The van der Waals surface area contributed by atoms with Gasteiger partial charge in [0.2, 0.25) is 0 Å². The lowest BCUT2D eigenvalue weighted by Crippen LogP contribution is -2.02. The van der Waals surface area contributed by atoms with Gasteiger partial charge in [-0.25, -0.2) is 9.37 Å². The van der Waals surface area contributed by atoms with E-state index in [0.29, 0.717) is 21.3 Å².